The summed E-state index contributed by atoms with van der Waals surface area (Å²) in [5.74, 6) is -0.127. The van der Waals surface area contributed by atoms with Crippen molar-refractivity contribution in [3.63, 3.8) is 0 Å². The Labute approximate surface area is 123 Å². The fourth-order valence-electron chi connectivity index (χ4n) is 1.48. The largest absolute Gasteiger partial charge is 0.355 e. The number of nitrogens with one attached hydrogen (secondary N) is 2. The van der Waals surface area contributed by atoms with Crippen LogP contribution in [-0.4, -0.2) is 34.4 Å². The van der Waals surface area contributed by atoms with Crippen molar-refractivity contribution in [2.75, 3.05) is 6.54 Å². The molecule has 0 bridgehead atoms. The van der Waals surface area contributed by atoms with E-state index >= 15 is 0 Å². The predicted molar refractivity (Wildman–Crippen MR) is 76.7 cm³/mol. The van der Waals surface area contributed by atoms with Crippen molar-refractivity contribution >= 4 is 23.4 Å². The van der Waals surface area contributed by atoms with Gasteiger partial charge in [-0.15, -0.1) is 0 Å². The highest BCUT2D eigenvalue weighted by atomic mass is 35.5. The lowest BCUT2D eigenvalue weighted by Gasteiger charge is -2.14. The van der Waals surface area contributed by atoms with Crippen LogP contribution < -0.4 is 10.6 Å². The third-order valence-electron chi connectivity index (χ3n) is 2.59. The van der Waals surface area contributed by atoms with Crippen LogP contribution in [0.3, 0.4) is 0 Å². The number of aromatic nitrogens is 2. The van der Waals surface area contributed by atoms with Crippen LogP contribution in [0.5, 0.6) is 0 Å². The lowest BCUT2D eigenvalue weighted by atomic mass is 10.2. The van der Waals surface area contributed by atoms with Crippen molar-refractivity contribution in [1.82, 2.24) is 20.6 Å². The summed E-state index contributed by atoms with van der Waals surface area (Å²) in [6, 6.07) is -0.656. The summed E-state index contributed by atoms with van der Waals surface area (Å²) in [6.45, 7) is 7.75. The zero-order valence-corrected chi connectivity index (χ0v) is 12.8. The first kappa shape index (κ1) is 16.4. The molecule has 1 aromatic rings. The molecule has 1 unspecified atom stereocenters. The Balaban J connectivity index is 2.87. The maximum absolute atomic E-state index is 12.1. The zero-order valence-electron chi connectivity index (χ0n) is 12.0. The van der Waals surface area contributed by atoms with Crippen LogP contribution in [0, 0.1) is 0 Å². The number of nitrogens with zero attached hydrogens (tertiary/aromatic N) is 2. The monoisotopic (exact) mass is 298 g/mol. The molecule has 0 aliphatic rings. The maximum Gasteiger partial charge on any atom is 0.272 e. The standard InChI is InChI=1S/C13H19ClN4O2/c1-5-15-12(19)8(4)17-13(20)10-9(14)6-16-11(18-10)7(2)3/h6-8H,5H2,1-4H3,(H,15,19)(H,17,20). The molecule has 0 radical (unpaired) electrons. The van der Waals surface area contributed by atoms with Gasteiger partial charge >= 0.3 is 0 Å². The molecule has 1 atom stereocenters. The van der Waals surface area contributed by atoms with Gasteiger partial charge in [-0.3, -0.25) is 9.59 Å². The van der Waals surface area contributed by atoms with Gasteiger partial charge in [-0.25, -0.2) is 9.97 Å². The van der Waals surface area contributed by atoms with Gasteiger partial charge in [-0.1, -0.05) is 25.4 Å². The average molecular weight is 299 g/mol. The summed E-state index contributed by atoms with van der Waals surface area (Å²) in [6.07, 6.45) is 1.40. The molecule has 7 heteroatoms. The van der Waals surface area contributed by atoms with Gasteiger partial charge in [0.15, 0.2) is 0 Å². The van der Waals surface area contributed by atoms with Crippen LogP contribution in [-0.2, 0) is 4.79 Å². The van der Waals surface area contributed by atoms with Crippen molar-refractivity contribution < 1.29 is 9.59 Å². The molecule has 0 aliphatic heterocycles. The molecule has 0 fully saturated rings. The molecule has 1 heterocycles. The topological polar surface area (TPSA) is 84.0 Å². The first-order valence-corrected chi connectivity index (χ1v) is 6.85. The number of amides is 2. The lowest BCUT2D eigenvalue weighted by molar-refractivity contribution is -0.122. The van der Waals surface area contributed by atoms with Crippen molar-refractivity contribution in [3.8, 4) is 0 Å². The first-order chi connectivity index (χ1) is 9.36. The Bertz CT molecular complexity index is 505. The van der Waals surface area contributed by atoms with Crippen LogP contribution in [0.25, 0.3) is 0 Å². The molecule has 0 saturated heterocycles. The number of rotatable bonds is 5. The van der Waals surface area contributed by atoms with E-state index in [4.69, 9.17) is 11.6 Å². The van der Waals surface area contributed by atoms with E-state index in [0.717, 1.165) is 0 Å². The van der Waals surface area contributed by atoms with Gasteiger partial charge < -0.3 is 10.6 Å². The molecule has 2 amide bonds. The van der Waals surface area contributed by atoms with Crippen molar-refractivity contribution in [1.29, 1.82) is 0 Å². The minimum Gasteiger partial charge on any atom is -0.355 e. The summed E-state index contributed by atoms with van der Waals surface area (Å²) in [4.78, 5) is 31.9. The van der Waals surface area contributed by atoms with Crippen LogP contribution in [0.15, 0.2) is 6.20 Å². The van der Waals surface area contributed by atoms with Gasteiger partial charge in [0.1, 0.15) is 17.6 Å². The Kier molecular flexibility index (Phi) is 5.88. The van der Waals surface area contributed by atoms with Crippen LogP contribution in [0.2, 0.25) is 5.02 Å². The minimum absolute atomic E-state index is 0.0830. The normalized spacial score (nSPS) is 12.1. The molecule has 0 saturated carbocycles. The second kappa shape index (κ2) is 7.19. The Hall–Kier alpha value is -1.69. The Morgan fingerprint density at radius 2 is 2.00 bits per heavy atom. The SMILES string of the molecule is CCNC(=O)C(C)NC(=O)c1nc(C(C)C)ncc1Cl. The smallest absolute Gasteiger partial charge is 0.272 e. The summed E-state index contributed by atoms with van der Waals surface area (Å²) >= 11 is 5.93. The van der Waals surface area contributed by atoms with Crippen molar-refractivity contribution in [2.24, 2.45) is 0 Å². The maximum atomic E-state index is 12.1. The number of carbonyl (C=O) groups is 2. The van der Waals surface area contributed by atoms with E-state index in [0.29, 0.717) is 12.4 Å². The molecular formula is C13H19ClN4O2. The molecular weight excluding hydrogens is 280 g/mol. The molecule has 1 rings (SSSR count). The van der Waals surface area contributed by atoms with Gasteiger partial charge in [-0.2, -0.15) is 0 Å². The quantitative estimate of drug-likeness (QED) is 0.863. The van der Waals surface area contributed by atoms with E-state index in [1.54, 1.807) is 6.92 Å². The van der Waals surface area contributed by atoms with Crippen molar-refractivity contribution in [2.45, 2.75) is 39.7 Å². The van der Waals surface area contributed by atoms with Crippen LogP contribution in [0.1, 0.15) is 49.9 Å². The van der Waals surface area contributed by atoms with E-state index in [-0.39, 0.29) is 22.5 Å². The minimum atomic E-state index is -0.656. The number of halogens is 1. The highest BCUT2D eigenvalue weighted by molar-refractivity contribution is 6.33. The number of hydrogen-bond acceptors (Lipinski definition) is 4. The second-order valence-corrected chi connectivity index (χ2v) is 5.08. The van der Waals surface area contributed by atoms with Gasteiger partial charge in [0.05, 0.1) is 11.2 Å². The second-order valence-electron chi connectivity index (χ2n) is 4.67. The average Bonchev–Trinajstić information content (AvgIpc) is 2.38. The highest BCUT2D eigenvalue weighted by Gasteiger charge is 2.20. The fraction of sp³-hybridized carbons (Fsp3) is 0.538. The van der Waals surface area contributed by atoms with Gasteiger partial charge in [-0.05, 0) is 13.8 Å². The number of hydrogen-bond donors (Lipinski definition) is 2. The molecule has 0 aromatic carbocycles. The third-order valence-corrected chi connectivity index (χ3v) is 2.86. The zero-order chi connectivity index (χ0) is 15.3. The highest BCUT2D eigenvalue weighted by Crippen LogP contribution is 2.16. The van der Waals surface area contributed by atoms with Gasteiger partial charge in [0.2, 0.25) is 5.91 Å². The van der Waals surface area contributed by atoms with E-state index in [1.807, 2.05) is 20.8 Å². The molecule has 20 heavy (non-hydrogen) atoms. The lowest BCUT2D eigenvalue weighted by Crippen LogP contribution is -2.45. The summed E-state index contributed by atoms with van der Waals surface area (Å²) in [5.41, 5.74) is 0.0847. The summed E-state index contributed by atoms with van der Waals surface area (Å²) in [5, 5.41) is 5.35. The molecule has 0 aliphatic carbocycles. The molecule has 6 nitrogen and oxygen atoms in total. The van der Waals surface area contributed by atoms with Crippen LogP contribution in [0.4, 0.5) is 0 Å². The van der Waals surface area contributed by atoms with E-state index in [2.05, 4.69) is 20.6 Å². The van der Waals surface area contributed by atoms with Crippen molar-refractivity contribution in [3.05, 3.63) is 22.7 Å². The van der Waals surface area contributed by atoms with Gasteiger partial charge in [0, 0.05) is 12.5 Å². The fourth-order valence-corrected chi connectivity index (χ4v) is 1.65. The first-order valence-electron chi connectivity index (χ1n) is 6.47. The van der Waals surface area contributed by atoms with E-state index in [9.17, 15) is 9.59 Å². The Morgan fingerprint density at radius 1 is 1.35 bits per heavy atom. The Morgan fingerprint density at radius 3 is 2.55 bits per heavy atom. The predicted octanol–water partition coefficient (Wildman–Crippen LogP) is 1.51. The van der Waals surface area contributed by atoms with E-state index in [1.165, 1.54) is 6.20 Å². The number of likely N-dealkylation sites (N-methyl/N-ethyl adjacent to an activating group) is 1. The summed E-state index contributed by atoms with van der Waals surface area (Å²) < 4.78 is 0. The molecule has 110 valence electrons. The molecule has 1 aromatic heterocycles. The van der Waals surface area contributed by atoms with E-state index < -0.39 is 11.9 Å². The molecule has 0 spiro atoms. The summed E-state index contributed by atoms with van der Waals surface area (Å²) in [7, 11) is 0. The molecule has 2 N–H and O–H groups in total. The number of carbonyl (C=O) groups excluding carboxylic acids is 2. The van der Waals surface area contributed by atoms with Gasteiger partial charge in [0.25, 0.3) is 5.91 Å². The third kappa shape index (κ3) is 4.16. The van der Waals surface area contributed by atoms with Crippen LogP contribution >= 0.6 is 11.6 Å².